The number of nitrogens with one attached hydrogen (secondary N) is 2. The highest BCUT2D eigenvalue weighted by Crippen LogP contribution is 2.55. The third kappa shape index (κ3) is 2.42. The summed E-state index contributed by atoms with van der Waals surface area (Å²) in [5.74, 6) is -0.805. The van der Waals surface area contributed by atoms with E-state index in [2.05, 4.69) is 15.5 Å². The van der Waals surface area contributed by atoms with Crippen LogP contribution < -0.4 is 10.6 Å². The summed E-state index contributed by atoms with van der Waals surface area (Å²) in [7, 11) is 0. The molecule has 148 valence electrons. The number of amides is 3. The Morgan fingerprint density at radius 2 is 1.93 bits per heavy atom. The van der Waals surface area contributed by atoms with Crippen LogP contribution in [0.15, 0.2) is 24.3 Å². The van der Waals surface area contributed by atoms with Crippen molar-refractivity contribution in [1.82, 2.24) is 15.1 Å². The number of likely N-dealkylation sites (tertiary alicyclic amines) is 1. The van der Waals surface area contributed by atoms with Crippen LogP contribution in [0.2, 0.25) is 0 Å². The fraction of sp³-hybridized carbons (Fsp3) is 0.571. The second-order valence-corrected chi connectivity index (χ2v) is 8.35. The highest BCUT2D eigenvalue weighted by Gasteiger charge is 2.65. The van der Waals surface area contributed by atoms with Gasteiger partial charge in [-0.05, 0) is 44.7 Å². The molecule has 0 aromatic heterocycles. The van der Waals surface area contributed by atoms with Crippen molar-refractivity contribution in [3.05, 3.63) is 29.8 Å². The Labute approximate surface area is 164 Å². The van der Waals surface area contributed by atoms with E-state index in [1.165, 1.54) is 0 Å². The molecule has 0 bridgehead atoms. The van der Waals surface area contributed by atoms with Gasteiger partial charge >= 0.3 is 0 Å². The normalized spacial score (nSPS) is 31.1. The molecule has 7 heteroatoms. The zero-order valence-electron chi connectivity index (χ0n) is 15.9. The summed E-state index contributed by atoms with van der Waals surface area (Å²) in [6.07, 6.45) is 4.76. The molecular weight excluding hydrogens is 356 g/mol. The maximum absolute atomic E-state index is 13.3. The van der Waals surface area contributed by atoms with E-state index in [1.807, 2.05) is 24.3 Å². The molecule has 4 heterocycles. The van der Waals surface area contributed by atoms with Gasteiger partial charge in [0.25, 0.3) is 0 Å². The number of benzene rings is 1. The number of hydrogen-bond acceptors (Lipinski definition) is 4. The standard InChI is InChI=1S/C21H26N4O3/c26-18(24-9-3-4-10-24)13-22-19(27)16-12-14-6-5-11-25(14)21(16)15-7-1-2-8-17(15)23-20(21)28/h1-2,7-8,14,16H,3-6,9-13H2,(H,22,27)(H,23,28)/t14-,16+,21+/m1/s1. The van der Waals surface area contributed by atoms with Crippen LogP contribution in [0, 0.1) is 5.92 Å². The van der Waals surface area contributed by atoms with Gasteiger partial charge in [-0.15, -0.1) is 0 Å². The lowest BCUT2D eigenvalue weighted by Gasteiger charge is -2.36. The first-order chi connectivity index (χ1) is 13.6. The fourth-order valence-corrected chi connectivity index (χ4v) is 5.74. The Bertz CT molecular complexity index is 835. The lowest BCUT2D eigenvalue weighted by molar-refractivity contribution is -0.139. The molecule has 3 amide bonds. The average Bonchev–Trinajstić information content (AvgIpc) is 3.46. The van der Waals surface area contributed by atoms with E-state index in [-0.39, 0.29) is 30.3 Å². The molecule has 4 aliphatic rings. The largest absolute Gasteiger partial charge is 0.347 e. The number of nitrogens with zero attached hydrogens (tertiary/aromatic N) is 2. The molecule has 0 radical (unpaired) electrons. The van der Waals surface area contributed by atoms with E-state index in [1.54, 1.807) is 4.90 Å². The summed E-state index contributed by atoms with van der Waals surface area (Å²) in [5, 5.41) is 5.86. The number of carbonyl (C=O) groups excluding carboxylic acids is 3. The fourth-order valence-electron chi connectivity index (χ4n) is 5.74. The van der Waals surface area contributed by atoms with Crippen LogP contribution in [-0.2, 0) is 19.9 Å². The topological polar surface area (TPSA) is 81.8 Å². The molecule has 3 atom stereocenters. The molecule has 0 aliphatic carbocycles. The van der Waals surface area contributed by atoms with Crippen LogP contribution in [0.25, 0.3) is 0 Å². The Morgan fingerprint density at radius 1 is 1.14 bits per heavy atom. The van der Waals surface area contributed by atoms with Crippen molar-refractivity contribution < 1.29 is 14.4 Å². The van der Waals surface area contributed by atoms with Crippen LogP contribution in [0.1, 0.15) is 37.7 Å². The minimum atomic E-state index is -0.946. The van der Waals surface area contributed by atoms with E-state index >= 15 is 0 Å². The van der Waals surface area contributed by atoms with Gasteiger partial charge in [0.15, 0.2) is 0 Å². The molecule has 3 fully saturated rings. The second-order valence-electron chi connectivity index (χ2n) is 8.35. The van der Waals surface area contributed by atoms with Gasteiger partial charge in [0.05, 0.1) is 12.5 Å². The third-order valence-corrected chi connectivity index (χ3v) is 6.96. The van der Waals surface area contributed by atoms with Crippen LogP contribution >= 0.6 is 0 Å². The highest BCUT2D eigenvalue weighted by atomic mass is 16.2. The molecule has 28 heavy (non-hydrogen) atoms. The molecule has 1 aromatic rings. The summed E-state index contributed by atoms with van der Waals surface area (Å²) >= 11 is 0. The maximum atomic E-state index is 13.3. The van der Waals surface area contributed by atoms with Crippen molar-refractivity contribution in [3.63, 3.8) is 0 Å². The third-order valence-electron chi connectivity index (χ3n) is 6.96. The molecular formula is C21H26N4O3. The number of rotatable bonds is 3. The first-order valence-electron chi connectivity index (χ1n) is 10.4. The van der Waals surface area contributed by atoms with Gasteiger partial charge in [-0.3, -0.25) is 19.3 Å². The predicted octanol–water partition coefficient (Wildman–Crippen LogP) is 1.06. The minimum absolute atomic E-state index is 0.0132. The van der Waals surface area contributed by atoms with Crippen LogP contribution in [-0.4, -0.2) is 59.7 Å². The minimum Gasteiger partial charge on any atom is -0.347 e. The molecule has 7 nitrogen and oxygen atoms in total. The summed E-state index contributed by atoms with van der Waals surface area (Å²) < 4.78 is 0. The molecule has 4 aliphatic heterocycles. The number of fused-ring (bicyclic) bond motifs is 4. The molecule has 0 unspecified atom stereocenters. The number of para-hydroxylation sites is 1. The van der Waals surface area contributed by atoms with Gasteiger partial charge < -0.3 is 15.5 Å². The molecule has 2 N–H and O–H groups in total. The number of anilines is 1. The van der Waals surface area contributed by atoms with Gasteiger partial charge in [-0.25, -0.2) is 0 Å². The smallest absolute Gasteiger partial charge is 0.250 e. The van der Waals surface area contributed by atoms with Crippen molar-refractivity contribution in [2.75, 3.05) is 31.5 Å². The summed E-state index contributed by atoms with van der Waals surface area (Å²) in [6, 6.07) is 7.93. The van der Waals surface area contributed by atoms with E-state index in [0.29, 0.717) is 6.42 Å². The van der Waals surface area contributed by atoms with E-state index in [0.717, 1.165) is 56.6 Å². The first-order valence-corrected chi connectivity index (χ1v) is 10.4. The SMILES string of the molecule is O=C(NCC(=O)N1CCCC1)[C@@H]1C[C@H]2CCCN2[C@]12C(=O)Nc1ccccc12. The lowest BCUT2D eigenvalue weighted by Crippen LogP contribution is -2.55. The van der Waals surface area contributed by atoms with Gasteiger partial charge in [0, 0.05) is 30.4 Å². The van der Waals surface area contributed by atoms with Crippen molar-refractivity contribution in [3.8, 4) is 0 Å². The molecule has 1 spiro atoms. The maximum Gasteiger partial charge on any atom is 0.250 e. The highest BCUT2D eigenvalue weighted by molar-refractivity contribution is 6.09. The van der Waals surface area contributed by atoms with E-state index < -0.39 is 11.5 Å². The monoisotopic (exact) mass is 382 g/mol. The van der Waals surface area contributed by atoms with Gasteiger partial charge in [0.1, 0.15) is 5.54 Å². The average molecular weight is 382 g/mol. The predicted molar refractivity (Wildman–Crippen MR) is 103 cm³/mol. The Balaban J connectivity index is 1.43. The van der Waals surface area contributed by atoms with E-state index in [4.69, 9.17) is 0 Å². The number of hydrogen-bond donors (Lipinski definition) is 2. The Hall–Kier alpha value is -2.41. The zero-order chi connectivity index (χ0) is 19.3. The zero-order valence-corrected chi connectivity index (χ0v) is 15.9. The van der Waals surface area contributed by atoms with Crippen molar-refractivity contribution in [2.24, 2.45) is 5.92 Å². The Morgan fingerprint density at radius 3 is 2.75 bits per heavy atom. The molecule has 1 aromatic carbocycles. The van der Waals surface area contributed by atoms with Crippen LogP contribution in [0.3, 0.4) is 0 Å². The van der Waals surface area contributed by atoms with Gasteiger partial charge in [0.2, 0.25) is 17.7 Å². The summed E-state index contributed by atoms with van der Waals surface area (Å²) in [6.45, 7) is 2.38. The number of carbonyl (C=O) groups is 3. The van der Waals surface area contributed by atoms with Crippen LogP contribution in [0.4, 0.5) is 5.69 Å². The second kappa shape index (κ2) is 6.58. The van der Waals surface area contributed by atoms with Gasteiger partial charge in [-0.2, -0.15) is 0 Å². The summed E-state index contributed by atoms with van der Waals surface area (Å²) in [4.78, 5) is 42.9. The molecule has 3 saturated heterocycles. The van der Waals surface area contributed by atoms with Crippen molar-refractivity contribution in [2.45, 2.75) is 43.7 Å². The summed E-state index contributed by atoms with van der Waals surface area (Å²) in [5.41, 5.74) is 0.750. The lowest BCUT2D eigenvalue weighted by atomic mass is 9.78. The quantitative estimate of drug-likeness (QED) is 0.819. The van der Waals surface area contributed by atoms with Crippen molar-refractivity contribution in [1.29, 1.82) is 0 Å². The Kier molecular flexibility index (Phi) is 4.16. The van der Waals surface area contributed by atoms with Gasteiger partial charge in [-0.1, -0.05) is 18.2 Å². The van der Waals surface area contributed by atoms with Crippen molar-refractivity contribution >= 4 is 23.4 Å². The van der Waals surface area contributed by atoms with Crippen LogP contribution in [0.5, 0.6) is 0 Å². The van der Waals surface area contributed by atoms with E-state index in [9.17, 15) is 14.4 Å². The first kappa shape index (κ1) is 17.7. The molecule has 5 rings (SSSR count). The molecule has 0 saturated carbocycles.